The summed E-state index contributed by atoms with van der Waals surface area (Å²) in [5.41, 5.74) is 6.78. The minimum atomic E-state index is 0.594. The van der Waals surface area contributed by atoms with Crippen LogP contribution in [-0.2, 0) is 7.05 Å². The Morgan fingerprint density at radius 3 is 2.59 bits per heavy atom. The zero-order chi connectivity index (χ0) is 18.5. The number of pyridine rings is 1. The molecule has 0 atom stereocenters. The van der Waals surface area contributed by atoms with Crippen LogP contribution in [-0.4, -0.2) is 0 Å². The first-order valence-electron chi connectivity index (χ1n) is 8.89. The average Bonchev–Trinajstić information content (AvgIpc) is 3.06. The molecule has 2 heterocycles. The van der Waals surface area contributed by atoms with E-state index >= 15 is 0 Å². The number of aromatic nitrogens is 1. The summed E-state index contributed by atoms with van der Waals surface area (Å²) >= 11 is 0. The fraction of sp³-hybridized carbons (Fsp3) is 0.0833. The predicted molar refractivity (Wildman–Crippen MR) is 109 cm³/mol. The van der Waals surface area contributed by atoms with Crippen LogP contribution in [0.4, 0.5) is 5.69 Å². The summed E-state index contributed by atoms with van der Waals surface area (Å²) in [6.45, 7) is 9.36. The van der Waals surface area contributed by atoms with Crippen LogP contribution in [0.1, 0.15) is 5.56 Å². The van der Waals surface area contributed by atoms with Crippen molar-refractivity contribution in [2.75, 3.05) is 0 Å². The van der Waals surface area contributed by atoms with Crippen molar-refractivity contribution in [1.82, 2.24) is 0 Å². The largest absolute Gasteiger partial charge is 0.456 e. The van der Waals surface area contributed by atoms with E-state index < -0.39 is 0 Å². The third-order valence-corrected chi connectivity index (χ3v) is 5.30. The van der Waals surface area contributed by atoms with Gasteiger partial charge in [0.2, 0.25) is 11.2 Å². The zero-order valence-electron chi connectivity index (χ0n) is 15.2. The van der Waals surface area contributed by atoms with Crippen LogP contribution in [0.3, 0.4) is 0 Å². The lowest BCUT2D eigenvalue weighted by molar-refractivity contribution is -0.633. The van der Waals surface area contributed by atoms with E-state index in [9.17, 15) is 0 Å². The summed E-state index contributed by atoms with van der Waals surface area (Å²) in [6, 6.07) is 22.6. The number of aryl methyl sites for hydroxylation is 2. The van der Waals surface area contributed by atoms with Crippen molar-refractivity contribution in [3.8, 4) is 11.3 Å². The predicted octanol–water partition coefficient (Wildman–Crippen LogP) is 6.09. The summed E-state index contributed by atoms with van der Waals surface area (Å²) in [5, 5.41) is 3.33. The molecular weight excluding hydrogens is 332 g/mol. The van der Waals surface area contributed by atoms with Gasteiger partial charge in [-0.05, 0) is 30.7 Å². The minimum Gasteiger partial charge on any atom is -0.456 e. The van der Waals surface area contributed by atoms with E-state index in [4.69, 9.17) is 11.0 Å². The third-order valence-electron chi connectivity index (χ3n) is 5.30. The van der Waals surface area contributed by atoms with Gasteiger partial charge >= 0.3 is 0 Å². The van der Waals surface area contributed by atoms with E-state index in [0.29, 0.717) is 5.69 Å². The topological polar surface area (TPSA) is 21.4 Å². The van der Waals surface area contributed by atoms with Crippen molar-refractivity contribution in [2.24, 2.45) is 7.05 Å². The van der Waals surface area contributed by atoms with Gasteiger partial charge in [-0.2, -0.15) is 4.57 Å². The Kier molecular flexibility index (Phi) is 3.29. The molecule has 5 rings (SSSR count). The molecule has 0 aliphatic heterocycles. The van der Waals surface area contributed by atoms with Gasteiger partial charge in [-0.3, -0.25) is 0 Å². The van der Waals surface area contributed by atoms with Gasteiger partial charge in [0, 0.05) is 28.3 Å². The summed E-state index contributed by atoms with van der Waals surface area (Å²) in [7, 11) is 2.09. The minimum absolute atomic E-state index is 0.594. The fourth-order valence-corrected chi connectivity index (χ4v) is 3.91. The van der Waals surface area contributed by atoms with E-state index in [1.54, 1.807) is 0 Å². The maximum atomic E-state index is 7.25. The smallest absolute Gasteiger partial charge is 0.216 e. The van der Waals surface area contributed by atoms with Crippen molar-refractivity contribution >= 4 is 38.5 Å². The van der Waals surface area contributed by atoms with Gasteiger partial charge in [-0.15, -0.1) is 0 Å². The van der Waals surface area contributed by atoms with Gasteiger partial charge in [0.25, 0.3) is 0 Å². The number of nitrogens with zero attached hydrogens (tertiary/aromatic N) is 2. The third kappa shape index (κ3) is 2.24. The Morgan fingerprint density at radius 1 is 0.926 bits per heavy atom. The zero-order valence-corrected chi connectivity index (χ0v) is 15.2. The summed E-state index contributed by atoms with van der Waals surface area (Å²) in [5.74, 6) is 0. The standard InChI is InChI=1S/C24H17N2O/c1-15-8-11-19-18-12-10-17(25-2)14-22(18)27-24(19)23(15)21-13-9-16-6-4-5-7-20(16)26(21)3/h4-14H,1,3H3/q+1. The number of rotatable bonds is 1. The number of para-hydroxylation sites is 1. The van der Waals surface area contributed by atoms with Gasteiger partial charge in [0.15, 0.2) is 5.69 Å². The molecule has 0 aliphatic rings. The molecule has 3 heteroatoms. The van der Waals surface area contributed by atoms with Crippen molar-refractivity contribution < 1.29 is 8.98 Å². The van der Waals surface area contributed by atoms with Crippen LogP contribution in [0.25, 0.3) is 48.9 Å². The quantitative estimate of drug-likeness (QED) is 0.265. The molecular formula is C24H17N2O+. The second kappa shape index (κ2) is 5.69. The van der Waals surface area contributed by atoms with Gasteiger partial charge in [-0.25, -0.2) is 4.85 Å². The lowest BCUT2D eigenvalue weighted by Crippen LogP contribution is -2.32. The highest BCUT2D eigenvalue weighted by Crippen LogP contribution is 2.38. The molecule has 3 aromatic carbocycles. The molecule has 0 fully saturated rings. The fourth-order valence-electron chi connectivity index (χ4n) is 3.91. The molecule has 0 aliphatic carbocycles. The molecule has 0 bridgehead atoms. The second-order valence-corrected chi connectivity index (χ2v) is 6.86. The van der Waals surface area contributed by atoms with E-state index in [2.05, 4.69) is 71.9 Å². The van der Waals surface area contributed by atoms with Crippen LogP contribution in [0.5, 0.6) is 0 Å². The molecule has 0 radical (unpaired) electrons. The SMILES string of the molecule is [C-]#[N+]c1ccc2c(c1)oc1c(-c3ccc4ccccc4[n+]3C)c(C)ccc12. The molecule has 5 aromatic rings. The highest BCUT2D eigenvalue weighted by molar-refractivity contribution is 6.10. The number of furan rings is 1. The van der Waals surface area contributed by atoms with E-state index in [0.717, 1.165) is 38.8 Å². The Balaban J connectivity index is 1.89. The van der Waals surface area contributed by atoms with E-state index in [1.165, 1.54) is 10.9 Å². The van der Waals surface area contributed by atoms with Crippen LogP contribution < -0.4 is 4.57 Å². The maximum Gasteiger partial charge on any atom is 0.216 e. The van der Waals surface area contributed by atoms with Crippen molar-refractivity contribution in [3.05, 3.63) is 83.7 Å². The van der Waals surface area contributed by atoms with Gasteiger partial charge in [0.05, 0.1) is 12.1 Å². The second-order valence-electron chi connectivity index (χ2n) is 6.86. The summed E-state index contributed by atoms with van der Waals surface area (Å²) in [6.07, 6.45) is 0. The summed E-state index contributed by atoms with van der Waals surface area (Å²) in [4.78, 5) is 3.52. The normalized spacial score (nSPS) is 11.3. The Labute approximate surface area is 156 Å². The Hall–Kier alpha value is -3.64. The highest BCUT2D eigenvalue weighted by Gasteiger charge is 2.21. The van der Waals surface area contributed by atoms with E-state index in [-0.39, 0.29) is 0 Å². The molecule has 2 aromatic heterocycles. The summed E-state index contributed by atoms with van der Waals surface area (Å²) < 4.78 is 8.49. The highest BCUT2D eigenvalue weighted by atomic mass is 16.3. The van der Waals surface area contributed by atoms with Crippen LogP contribution in [0, 0.1) is 13.5 Å². The Bertz CT molecular complexity index is 1400. The first-order valence-corrected chi connectivity index (χ1v) is 8.89. The van der Waals surface area contributed by atoms with Gasteiger partial charge < -0.3 is 4.42 Å². The first-order chi connectivity index (χ1) is 13.2. The number of fused-ring (bicyclic) bond motifs is 4. The molecule has 0 saturated carbocycles. The molecule has 128 valence electrons. The molecule has 0 spiro atoms. The number of benzene rings is 3. The van der Waals surface area contributed by atoms with Crippen LogP contribution in [0.15, 0.2) is 71.1 Å². The Morgan fingerprint density at radius 2 is 1.74 bits per heavy atom. The maximum absolute atomic E-state index is 7.25. The van der Waals surface area contributed by atoms with E-state index in [1.807, 2.05) is 18.2 Å². The first kappa shape index (κ1) is 15.6. The van der Waals surface area contributed by atoms with Crippen molar-refractivity contribution in [3.63, 3.8) is 0 Å². The molecule has 0 amide bonds. The molecule has 27 heavy (non-hydrogen) atoms. The number of hydrogen-bond acceptors (Lipinski definition) is 1. The molecule has 0 N–H and O–H groups in total. The number of hydrogen-bond donors (Lipinski definition) is 0. The van der Waals surface area contributed by atoms with Gasteiger partial charge in [-0.1, -0.05) is 36.4 Å². The lowest BCUT2D eigenvalue weighted by atomic mass is 10.00. The van der Waals surface area contributed by atoms with Crippen LogP contribution in [0.2, 0.25) is 0 Å². The van der Waals surface area contributed by atoms with Crippen molar-refractivity contribution in [2.45, 2.75) is 6.92 Å². The monoisotopic (exact) mass is 349 g/mol. The molecule has 3 nitrogen and oxygen atoms in total. The molecule has 0 unspecified atom stereocenters. The van der Waals surface area contributed by atoms with Gasteiger partial charge in [0.1, 0.15) is 18.2 Å². The lowest BCUT2D eigenvalue weighted by Gasteiger charge is -2.07. The average molecular weight is 349 g/mol. The molecule has 0 saturated heterocycles. The van der Waals surface area contributed by atoms with Crippen molar-refractivity contribution in [1.29, 1.82) is 0 Å². The van der Waals surface area contributed by atoms with Crippen LogP contribution >= 0.6 is 0 Å².